The van der Waals surface area contributed by atoms with Crippen molar-refractivity contribution in [2.45, 2.75) is 25.6 Å². The Morgan fingerprint density at radius 3 is 3.00 bits per heavy atom. The minimum Gasteiger partial charge on any atom is -0.491 e. The van der Waals surface area contributed by atoms with E-state index in [1.165, 1.54) is 0 Å². The summed E-state index contributed by atoms with van der Waals surface area (Å²) in [6.45, 7) is 5.27. The van der Waals surface area contributed by atoms with Crippen LogP contribution in [-0.2, 0) is 0 Å². The molecule has 0 saturated heterocycles. The van der Waals surface area contributed by atoms with Gasteiger partial charge in [0.1, 0.15) is 12.4 Å². The second kappa shape index (κ2) is 5.61. The predicted molar refractivity (Wildman–Crippen MR) is 72.3 cm³/mol. The Hall–Kier alpha value is -1.22. The Kier molecular flexibility index (Phi) is 4.12. The highest BCUT2D eigenvalue weighted by molar-refractivity contribution is 6.21. The molecule has 1 heterocycles. The van der Waals surface area contributed by atoms with E-state index in [4.69, 9.17) is 16.3 Å². The SMILES string of the molecule is CCC(C)C(Cl)c1ccc2c(c1)C(=O)NCCO2. The van der Waals surface area contributed by atoms with Gasteiger partial charge in [-0.2, -0.15) is 0 Å². The second-order valence-electron chi connectivity index (χ2n) is 4.65. The van der Waals surface area contributed by atoms with Crippen LogP contribution in [0.1, 0.15) is 41.6 Å². The van der Waals surface area contributed by atoms with Crippen molar-refractivity contribution >= 4 is 17.5 Å². The van der Waals surface area contributed by atoms with Gasteiger partial charge in [0.15, 0.2) is 0 Å². The molecule has 1 aliphatic rings. The molecule has 1 amide bonds. The Balaban J connectivity index is 2.33. The summed E-state index contributed by atoms with van der Waals surface area (Å²) in [5.74, 6) is 0.929. The summed E-state index contributed by atoms with van der Waals surface area (Å²) in [5, 5.41) is 2.73. The highest BCUT2D eigenvalue weighted by Crippen LogP contribution is 2.33. The number of hydrogen-bond acceptors (Lipinski definition) is 2. The number of nitrogens with one attached hydrogen (secondary N) is 1. The van der Waals surface area contributed by atoms with Crippen LogP contribution in [0.3, 0.4) is 0 Å². The molecular weight excluding hydrogens is 250 g/mol. The van der Waals surface area contributed by atoms with Crippen molar-refractivity contribution in [3.63, 3.8) is 0 Å². The third-order valence-electron chi connectivity index (χ3n) is 3.36. The molecule has 0 fully saturated rings. The molecular formula is C14H18ClNO2. The zero-order valence-corrected chi connectivity index (χ0v) is 11.5. The number of carbonyl (C=O) groups excluding carboxylic acids is 1. The van der Waals surface area contributed by atoms with Crippen LogP contribution in [0.2, 0.25) is 0 Å². The van der Waals surface area contributed by atoms with Gasteiger partial charge in [0.05, 0.1) is 17.5 Å². The summed E-state index contributed by atoms with van der Waals surface area (Å²) in [5.41, 5.74) is 1.56. The Morgan fingerprint density at radius 2 is 2.28 bits per heavy atom. The average molecular weight is 268 g/mol. The summed E-state index contributed by atoms with van der Waals surface area (Å²) in [7, 11) is 0. The van der Waals surface area contributed by atoms with Gasteiger partial charge in [0, 0.05) is 0 Å². The fraction of sp³-hybridized carbons (Fsp3) is 0.500. The first-order chi connectivity index (χ1) is 8.63. The molecule has 1 aromatic rings. The van der Waals surface area contributed by atoms with E-state index in [9.17, 15) is 4.79 Å². The molecule has 0 aromatic heterocycles. The smallest absolute Gasteiger partial charge is 0.255 e. The van der Waals surface area contributed by atoms with E-state index >= 15 is 0 Å². The highest BCUT2D eigenvalue weighted by atomic mass is 35.5. The highest BCUT2D eigenvalue weighted by Gasteiger charge is 2.21. The van der Waals surface area contributed by atoms with E-state index < -0.39 is 0 Å². The van der Waals surface area contributed by atoms with E-state index in [1.807, 2.05) is 18.2 Å². The largest absolute Gasteiger partial charge is 0.491 e. The van der Waals surface area contributed by atoms with Crippen molar-refractivity contribution < 1.29 is 9.53 Å². The van der Waals surface area contributed by atoms with Crippen molar-refractivity contribution in [1.82, 2.24) is 5.32 Å². The fourth-order valence-corrected chi connectivity index (χ4v) is 2.29. The summed E-state index contributed by atoms with van der Waals surface area (Å²) >= 11 is 6.42. The van der Waals surface area contributed by atoms with Gasteiger partial charge in [-0.1, -0.05) is 26.3 Å². The number of halogens is 1. The topological polar surface area (TPSA) is 38.3 Å². The molecule has 0 radical (unpaired) electrons. The van der Waals surface area contributed by atoms with Crippen molar-refractivity contribution in [2.75, 3.05) is 13.2 Å². The quantitative estimate of drug-likeness (QED) is 0.855. The third kappa shape index (κ3) is 2.61. The molecule has 2 unspecified atom stereocenters. The maximum Gasteiger partial charge on any atom is 0.255 e. The maximum atomic E-state index is 11.9. The number of alkyl halides is 1. The van der Waals surface area contributed by atoms with Gasteiger partial charge in [-0.15, -0.1) is 11.6 Å². The van der Waals surface area contributed by atoms with Crippen molar-refractivity contribution in [2.24, 2.45) is 5.92 Å². The number of rotatable bonds is 3. The molecule has 98 valence electrons. The van der Waals surface area contributed by atoms with Crippen molar-refractivity contribution in [3.8, 4) is 5.75 Å². The average Bonchev–Trinajstić information content (AvgIpc) is 2.59. The zero-order chi connectivity index (χ0) is 13.1. The first-order valence-electron chi connectivity index (χ1n) is 6.32. The summed E-state index contributed by atoms with van der Waals surface area (Å²) in [6.07, 6.45) is 1.01. The molecule has 18 heavy (non-hydrogen) atoms. The molecule has 1 aliphatic heterocycles. The first-order valence-corrected chi connectivity index (χ1v) is 6.76. The number of benzene rings is 1. The van der Waals surface area contributed by atoms with Gasteiger partial charge in [0.25, 0.3) is 5.91 Å². The van der Waals surface area contributed by atoms with Crippen molar-refractivity contribution in [1.29, 1.82) is 0 Å². The minimum absolute atomic E-state index is 0.0728. The van der Waals surface area contributed by atoms with Crippen LogP contribution < -0.4 is 10.1 Å². The molecule has 1 aromatic carbocycles. The predicted octanol–water partition coefficient (Wildman–Crippen LogP) is 3.13. The molecule has 2 atom stereocenters. The van der Waals surface area contributed by atoms with Crippen molar-refractivity contribution in [3.05, 3.63) is 29.3 Å². The number of amides is 1. The Morgan fingerprint density at radius 1 is 1.50 bits per heavy atom. The molecule has 4 heteroatoms. The lowest BCUT2D eigenvalue weighted by atomic mass is 9.96. The summed E-state index contributed by atoms with van der Waals surface area (Å²) in [6, 6.07) is 5.63. The number of fused-ring (bicyclic) bond motifs is 1. The lowest BCUT2D eigenvalue weighted by Crippen LogP contribution is -2.24. The Labute approximate surface area is 112 Å². The van der Waals surface area contributed by atoms with Gasteiger partial charge in [-0.25, -0.2) is 0 Å². The summed E-state index contributed by atoms with van der Waals surface area (Å²) < 4.78 is 5.51. The third-order valence-corrected chi connectivity index (χ3v) is 4.04. The molecule has 0 saturated carbocycles. The van der Waals surface area contributed by atoms with E-state index in [0.717, 1.165) is 12.0 Å². The fourth-order valence-electron chi connectivity index (χ4n) is 1.98. The summed E-state index contributed by atoms with van der Waals surface area (Å²) in [4.78, 5) is 11.9. The molecule has 2 rings (SSSR count). The number of hydrogen-bond donors (Lipinski definition) is 1. The van der Waals surface area contributed by atoms with Crippen LogP contribution in [0, 0.1) is 5.92 Å². The minimum atomic E-state index is -0.0858. The van der Waals surface area contributed by atoms with Gasteiger partial charge < -0.3 is 10.1 Å². The first kappa shape index (κ1) is 13.2. The zero-order valence-electron chi connectivity index (χ0n) is 10.7. The van der Waals surface area contributed by atoms with Crippen LogP contribution in [0.4, 0.5) is 0 Å². The Bertz CT molecular complexity index is 447. The number of ether oxygens (including phenoxy) is 1. The molecule has 3 nitrogen and oxygen atoms in total. The second-order valence-corrected chi connectivity index (χ2v) is 5.12. The molecule has 1 N–H and O–H groups in total. The van der Waals surface area contributed by atoms with Gasteiger partial charge >= 0.3 is 0 Å². The lowest BCUT2D eigenvalue weighted by molar-refractivity contribution is 0.0957. The van der Waals surface area contributed by atoms with Gasteiger partial charge in [-0.3, -0.25) is 4.79 Å². The van der Waals surface area contributed by atoms with Gasteiger partial charge in [0.2, 0.25) is 0 Å². The lowest BCUT2D eigenvalue weighted by Gasteiger charge is -2.17. The molecule has 0 aliphatic carbocycles. The van der Waals surface area contributed by atoms with Crippen LogP contribution in [-0.4, -0.2) is 19.1 Å². The van der Waals surface area contributed by atoms with E-state index in [0.29, 0.717) is 30.4 Å². The molecule has 0 bridgehead atoms. The van der Waals surface area contributed by atoms with E-state index in [1.54, 1.807) is 0 Å². The van der Waals surface area contributed by atoms with Crippen LogP contribution in [0.5, 0.6) is 5.75 Å². The molecule has 0 spiro atoms. The maximum absolute atomic E-state index is 11.9. The normalized spacial score (nSPS) is 18.1. The standard InChI is InChI=1S/C14H18ClNO2/c1-3-9(2)13(15)10-4-5-12-11(8-10)14(17)16-6-7-18-12/h4-5,8-9,13H,3,6-7H2,1-2H3,(H,16,17). The van der Waals surface area contributed by atoms with Crippen LogP contribution >= 0.6 is 11.6 Å². The van der Waals surface area contributed by atoms with Gasteiger partial charge in [-0.05, 0) is 23.6 Å². The van der Waals surface area contributed by atoms with Crippen LogP contribution in [0.25, 0.3) is 0 Å². The monoisotopic (exact) mass is 267 g/mol. The van der Waals surface area contributed by atoms with E-state index in [2.05, 4.69) is 19.2 Å². The van der Waals surface area contributed by atoms with E-state index in [-0.39, 0.29) is 11.3 Å². The number of carbonyl (C=O) groups is 1. The van der Waals surface area contributed by atoms with Crippen LogP contribution in [0.15, 0.2) is 18.2 Å².